The Morgan fingerprint density at radius 1 is 1.26 bits per heavy atom. The Labute approximate surface area is 113 Å². The molecule has 19 heavy (non-hydrogen) atoms. The summed E-state index contributed by atoms with van der Waals surface area (Å²) in [4.78, 5) is 15.3. The molecule has 0 bridgehead atoms. The van der Waals surface area contributed by atoms with Gasteiger partial charge in [0.1, 0.15) is 6.10 Å². The summed E-state index contributed by atoms with van der Waals surface area (Å²) >= 11 is 0. The predicted molar refractivity (Wildman–Crippen MR) is 72.5 cm³/mol. The van der Waals surface area contributed by atoms with Crippen molar-refractivity contribution in [2.45, 2.75) is 46.1 Å². The van der Waals surface area contributed by atoms with Crippen LogP contribution in [0.25, 0.3) is 0 Å². The number of carbonyl (C=O) groups is 1. The molecule has 1 aromatic rings. The van der Waals surface area contributed by atoms with Crippen molar-refractivity contribution in [2.75, 3.05) is 0 Å². The first-order chi connectivity index (χ1) is 8.94. The van der Waals surface area contributed by atoms with E-state index in [1.807, 2.05) is 0 Å². The summed E-state index contributed by atoms with van der Waals surface area (Å²) < 4.78 is 5.89. The van der Waals surface area contributed by atoms with E-state index in [1.54, 1.807) is 13.0 Å². The SMILES string of the molecule is Cc1cc(C(=O)O)cc(OC2CC(C)CC(C)C2)n1. The van der Waals surface area contributed by atoms with Crippen LogP contribution in [-0.4, -0.2) is 22.2 Å². The zero-order valence-electron chi connectivity index (χ0n) is 11.7. The number of hydrogen-bond donors (Lipinski definition) is 1. The molecule has 104 valence electrons. The van der Waals surface area contributed by atoms with Crippen LogP contribution in [0, 0.1) is 18.8 Å². The second-order valence-electron chi connectivity index (χ2n) is 5.80. The highest BCUT2D eigenvalue weighted by Crippen LogP contribution is 2.31. The number of aryl methyl sites for hydroxylation is 1. The highest BCUT2D eigenvalue weighted by Gasteiger charge is 2.25. The van der Waals surface area contributed by atoms with Crippen molar-refractivity contribution in [1.29, 1.82) is 0 Å². The smallest absolute Gasteiger partial charge is 0.335 e. The minimum atomic E-state index is -0.944. The van der Waals surface area contributed by atoms with Crippen molar-refractivity contribution in [3.05, 3.63) is 23.4 Å². The van der Waals surface area contributed by atoms with E-state index in [9.17, 15) is 4.79 Å². The van der Waals surface area contributed by atoms with Gasteiger partial charge in [0.25, 0.3) is 0 Å². The topological polar surface area (TPSA) is 59.4 Å². The Balaban J connectivity index is 2.12. The zero-order chi connectivity index (χ0) is 14.0. The summed E-state index contributed by atoms with van der Waals surface area (Å²) in [5.74, 6) is 0.791. The molecule has 0 radical (unpaired) electrons. The lowest BCUT2D eigenvalue weighted by atomic mass is 9.82. The number of carboxylic acid groups (broad SMARTS) is 1. The molecule has 0 spiro atoms. The normalized spacial score (nSPS) is 27.0. The molecular weight excluding hydrogens is 242 g/mol. The molecule has 0 aromatic carbocycles. The fraction of sp³-hybridized carbons (Fsp3) is 0.600. The van der Waals surface area contributed by atoms with E-state index in [2.05, 4.69) is 18.8 Å². The maximum absolute atomic E-state index is 11.0. The van der Waals surface area contributed by atoms with Crippen molar-refractivity contribution in [1.82, 2.24) is 4.98 Å². The Hall–Kier alpha value is -1.58. The number of rotatable bonds is 3. The van der Waals surface area contributed by atoms with Gasteiger partial charge in [-0.15, -0.1) is 0 Å². The van der Waals surface area contributed by atoms with Gasteiger partial charge in [-0.3, -0.25) is 0 Å². The highest BCUT2D eigenvalue weighted by molar-refractivity contribution is 5.87. The van der Waals surface area contributed by atoms with Gasteiger partial charge in [-0.2, -0.15) is 0 Å². The van der Waals surface area contributed by atoms with Gasteiger partial charge >= 0.3 is 5.97 Å². The molecule has 1 heterocycles. The monoisotopic (exact) mass is 263 g/mol. The van der Waals surface area contributed by atoms with Crippen LogP contribution in [0.15, 0.2) is 12.1 Å². The van der Waals surface area contributed by atoms with Gasteiger partial charge < -0.3 is 9.84 Å². The molecule has 0 saturated heterocycles. The van der Waals surface area contributed by atoms with Crippen LogP contribution >= 0.6 is 0 Å². The average molecular weight is 263 g/mol. The van der Waals surface area contributed by atoms with Crippen molar-refractivity contribution in [3.8, 4) is 5.88 Å². The Morgan fingerprint density at radius 2 is 1.89 bits per heavy atom. The quantitative estimate of drug-likeness (QED) is 0.909. The third-order valence-electron chi connectivity index (χ3n) is 3.60. The Morgan fingerprint density at radius 3 is 2.47 bits per heavy atom. The average Bonchev–Trinajstić information content (AvgIpc) is 2.26. The van der Waals surface area contributed by atoms with Gasteiger partial charge in [0.15, 0.2) is 0 Å². The van der Waals surface area contributed by atoms with Crippen LogP contribution in [0.5, 0.6) is 5.88 Å². The largest absolute Gasteiger partial charge is 0.478 e. The summed E-state index contributed by atoms with van der Waals surface area (Å²) in [6, 6.07) is 3.07. The van der Waals surface area contributed by atoms with Gasteiger partial charge in [0.2, 0.25) is 5.88 Å². The van der Waals surface area contributed by atoms with E-state index in [0.717, 1.165) is 12.8 Å². The van der Waals surface area contributed by atoms with Crippen LogP contribution in [0.1, 0.15) is 49.2 Å². The predicted octanol–water partition coefficient (Wildman–Crippen LogP) is 3.29. The molecule has 0 aliphatic heterocycles. The van der Waals surface area contributed by atoms with Crippen LogP contribution in [0.2, 0.25) is 0 Å². The maximum Gasteiger partial charge on any atom is 0.335 e. The third-order valence-corrected chi connectivity index (χ3v) is 3.60. The van der Waals surface area contributed by atoms with Crippen LogP contribution < -0.4 is 4.74 Å². The standard InChI is InChI=1S/C15H21NO3/c1-9-4-10(2)6-13(5-9)19-14-8-12(15(17)18)7-11(3)16-14/h7-10,13H,4-6H2,1-3H3,(H,17,18). The molecule has 1 aliphatic rings. The lowest BCUT2D eigenvalue weighted by Crippen LogP contribution is -2.28. The molecule has 4 nitrogen and oxygen atoms in total. The Bertz CT molecular complexity index is 462. The van der Waals surface area contributed by atoms with Crippen molar-refractivity contribution in [2.24, 2.45) is 11.8 Å². The molecule has 1 fully saturated rings. The number of nitrogens with zero attached hydrogens (tertiary/aromatic N) is 1. The van der Waals surface area contributed by atoms with Crippen molar-refractivity contribution >= 4 is 5.97 Å². The zero-order valence-corrected chi connectivity index (χ0v) is 11.7. The maximum atomic E-state index is 11.0. The number of carboxylic acids is 1. The first kappa shape index (κ1) is 13.8. The lowest BCUT2D eigenvalue weighted by molar-refractivity contribution is 0.0692. The molecule has 2 unspecified atom stereocenters. The fourth-order valence-electron chi connectivity index (χ4n) is 2.96. The van der Waals surface area contributed by atoms with E-state index >= 15 is 0 Å². The molecule has 4 heteroatoms. The van der Waals surface area contributed by atoms with Gasteiger partial charge in [0.05, 0.1) is 5.56 Å². The number of hydrogen-bond acceptors (Lipinski definition) is 3. The first-order valence-corrected chi connectivity index (χ1v) is 6.82. The fourth-order valence-corrected chi connectivity index (χ4v) is 2.96. The summed E-state index contributed by atoms with van der Waals surface area (Å²) in [5.41, 5.74) is 0.909. The first-order valence-electron chi connectivity index (χ1n) is 6.82. The van der Waals surface area contributed by atoms with Crippen LogP contribution in [0.4, 0.5) is 0 Å². The minimum Gasteiger partial charge on any atom is -0.478 e. The molecule has 1 aliphatic carbocycles. The van der Waals surface area contributed by atoms with E-state index in [0.29, 0.717) is 23.4 Å². The summed E-state index contributed by atoms with van der Waals surface area (Å²) in [6.07, 6.45) is 3.42. The van der Waals surface area contributed by atoms with Gasteiger partial charge in [0, 0.05) is 11.8 Å². The highest BCUT2D eigenvalue weighted by atomic mass is 16.5. The van der Waals surface area contributed by atoms with Gasteiger partial charge in [-0.1, -0.05) is 13.8 Å². The molecule has 1 aromatic heterocycles. The van der Waals surface area contributed by atoms with Gasteiger partial charge in [-0.25, -0.2) is 9.78 Å². The summed E-state index contributed by atoms with van der Waals surface area (Å²) in [5, 5.41) is 9.04. The number of aromatic nitrogens is 1. The molecule has 2 atom stereocenters. The number of pyridine rings is 1. The van der Waals surface area contributed by atoms with Crippen molar-refractivity contribution < 1.29 is 14.6 Å². The second kappa shape index (κ2) is 5.59. The molecule has 1 saturated carbocycles. The second-order valence-corrected chi connectivity index (χ2v) is 5.80. The van der Waals surface area contributed by atoms with E-state index < -0.39 is 5.97 Å². The lowest BCUT2D eigenvalue weighted by Gasteiger charge is -2.31. The summed E-state index contributed by atoms with van der Waals surface area (Å²) in [6.45, 7) is 6.25. The number of aromatic carboxylic acids is 1. The number of ether oxygens (including phenoxy) is 1. The van der Waals surface area contributed by atoms with Crippen LogP contribution in [-0.2, 0) is 0 Å². The molecular formula is C15H21NO3. The minimum absolute atomic E-state index is 0.148. The van der Waals surface area contributed by atoms with Crippen LogP contribution in [0.3, 0.4) is 0 Å². The van der Waals surface area contributed by atoms with Crippen molar-refractivity contribution in [3.63, 3.8) is 0 Å². The molecule has 0 amide bonds. The van der Waals surface area contributed by atoms with Gasteiger partial charge in [-0.05, 0) is 44.1 Å². The summed E-state index contributed by atoms with van der Waals surface area (Å²) in [7, 11) is 0. The van der Waals surface area contributed by atoms with E-state index in [4.69, 9.17) is 9.84 Å². The van der Waals surface area contributed by atoms with E-state index in [1.165, 1.54) is 12.5 Å². The molecule has 2 rings (SSSR count). The Kier molecular flexibility index (Phi) is 4.08. The van der Waals surface area contributed by atoms with E-state index in [-0.39, 0.29) is 11.7 Å². The third kappa shape index (κ3) is 3.69. The molecule has 1 N–H and O–H groups in total.